The Morgan fingerprint density at radius 1 is 0.906 bits per heavy atom. The van der Waals surface area contributed by atoms with Crippen molar-refractivity contribution in [2.45, 2.75) is 37.0 Å². The summed E-state index contributed by atoms with van der Waals surface area (Å²) >= 11 is 11.9. The standard InChI is InChI=1S/C24H24Cl2N2O3S/c25-17-12-18(26)14-19(13-17)32(30,31)28-23-11-5-8-20-21(23)9-4-10-22(20)24(29)27-15-16-6-2-1-3-7-16/h4-5,8-14,16,28H,1-3,6-7,15H2,(H,27,29). The fourth-order valence-corrected chi connectivity index (χ4v) is 6.01. The molecule has 0 bridgehead atoms. The topological polar surface area (TPSA) is 75.3 Å². The number of benzene rings is 3. The van der Waals surface area contributed by atoms with Gasteiger partial charge in [-0.05, 0) is 54.5 Å². The first-order valence-electron chi connectivity index (χ1n) is 10.6. The summed E-state index contributed by atoms with van der Waals surface area (Å²) in [7, 11) is -3.93. The fourth-order valence-electron chi connectivity index (χ4n) is 4.21. The van der Waals surface area contributed by atoms with Crippen molar-refractivity contribution < 1.29 is 13.2 Å². The van der Waals surface area contributed by atoms with E-state index >= 15 is 0 Å². The number of sulfonamides is 1. The van der Waals surface area contributed by atoms with Crippen LogP contribution in [0.4, 0.5) is 5.69 Å². The van der Waals surface area contributed by atoms with Crippen molar-refractivity contribution in [3.05, 3.63) is 70.2 Å². The van der Waals surface area contributed by atoms with Gasteiger partial charge in [-0.1, -0.05) is 66.7 Å². The predicted octanol–water partition coefficient (Wildman–Crippen LogP) is 6.26. The van der Waals surface area contributed by atoms with Crippen LogP contribution in [0.2, 0.25) is 10.0 Å². The Balaban J connectivity index is 1.61. The largest absolute Gasteiger partial charge is 0.352 e. The van der Waals surface area contributed by atoms with Crippen LogP contribution in [-0.4, -0.2) is 20.9 Å². The van der Waals surface area contributed by atoms with Crippen LogP contribution in [-0.2, 0) is 10.0 Å². The highest BCUT2D eigenvalue weighted by atomic mass is 35.5. The van der Waals surface area contributed by atoms with Crippen molar-refractivity contribution in [3.63, 3.8) is 0 Å². The van der Waals surface area contributed by atoms with Gasteiger partial charge in [-0.15, -0.1) is 0 Å². The quantitative estimate of drug-likeness (QED) is 0.428. The molecular formula is C24H24Cl2N2O3S. The number of hydrogen-bond donors (Lipinski definition) is 2. The molecule has 3 aromatic carbocycles. The molecule has 5 nitrogen and oxygen atoms in total. The Morgan fingerprint density at radius 3 is 2.28 bits per heavy atom. The molecule has 8 heteroatoms. The third kappa shape index (κ3) is 5.20. The van der Waals surface area contributed by atoms with Crippen LogP contribution in [0.1, 0.15) is 42.5 Å². The van der Waals surface area contributed by atoms with E-state index in [4.69, 9.17) is 23.2 Å². The van der Waals surface area contributed by atoms with Gasteiger partial charge in [0.25, 0.3) is 15.9 Å². The van der Waals surface area contributed by atoms with Crippen LogP contribution in [0.25, 0.3) is 10.8 Å². The molecule has 0 spiro atoms. The van der Waals surface area contributed by atoms with E-state index < -0.39 is 10.0 Å². The van der Waals surface area contributed by atoms with Gasteiger partial charge in [0.15, 0.2) is 0 Å². The number of fused-ring (bicyclic) bond motifs is 1. The molecule has 1 fully saturated rings. The number of carbonyl (C=O) groups excluding carboxylic acids is 1. The average Bonchev–Trinajstić information content (AvgIpc) is 2.77. The second kappa shape index (κ2) is 9.69. The first-order valence-corrected chi connectivity index (χ1v) is 12.9. The van der Waals surface area contributed by atoms with Gasteiger partial charge in [0.1, 0.15) is 0 Å². The van der Waals surface area contributed by atoms with Crippen LogP contribution in [0, 0.1) is 5.92 Å². The molecule has 0 aliphatic heterocycles. The highest BCUT2D eigenvalue weighted by molar-refractivity contribution is 7.92. The lowest BCUT2D eigenvalue weighted by molar-refractivity contribution is 0.0945. The molecule has 1 aliphatic carbocycles. The average molecular weight is 491 g/mol. The van der Waals surface area contributed by atoms with Crippen molar-refractivity contribution >= 4 is 55.6 Å². The number of halogens is 2. The molecule has 168 valence electrons. The summed E-state index contributed by atoms with van der Waals surface area (Å²) in [6.07, 6.45) is 6.00. The molecular weight excluding hydrogens is 467 g/mol. The fraction of sp³-hybridized carbons (Fsp3) is 0.292. The number of nitrogens with one attached hydrogen (secondary N) is 2. The zero-order valence-corrected chi connectivity index (χ0v) is 19.7. The summed E-state index contributed by atoms with van der Waals surface area (Å²) < 4.78 is 28.5. The van der Waals surface area contributed by atoms with Crippen LogP contribution in [0.3, 0.4) is 0 Å². The third-order valence-electron chi connectivity index (χ3n) is 5.83. The molecule has 0 aromatic heterocycles. The van der Waals surface area contributed by atoms with Crippen LogP contribution in [0.15, 0.2) is 59.5 Å². The van der Waals surface area contributed by atoms with Gasteiger partial charge >= 0.3 is 0 Å². The predicted molar refractivity (Wildman–Crippen MR) is 130 cm³/mol. The molecule has 4 rings (SSSR count). The van der Waals surface area contributed by atoms with E-state index in [9.17, 15) is 13.2 Å². The first-order chi connectivity index (χ1) is 15.3. The minimum Gasteiger partial charge on any atom is -0.352 e. The van der Waals surface area contributed by atoms with E-state index in [-0.39, 0.29) is 20.8 Å². The number of hydrogen-bond acceptors (Lipinski definition) is 3. The van der Waals surface area contributed by atoms with Gasteiger partial charge in [-0.2, -0.15) is 0 Å². The second-order valence-electron chi connectivity index (χ2n) is 8.13. The maximum Gasteiger partial charge on any atom is 0.262 e. The lowest BCUT2D eigenvalue weighted by Gasteiger charge is -2.22. The highest BCUT2D eigenvalue weighted by Gasteiger charge is 2.19. The summed E-state index contributed by atoms with van der Waals surface area (Å²) in [6.45, 7) is 0.664. The van der Waals surface area contributed by atoms with E-state index in [1.165, 1.54) is 37.5 Å². The Labute approximate surface area is 198 Å². The Kier molecular flexibility index (Phi) is 6.93. The Morgan fingerprint density at radius 2 is 1.56 bits per heavy atom. The Bertz CT molecular complexity index is 1240. The molecule has 0 saturated heterocycles. The van der Waals surface area contributed by atoms with Crippen LogP contribution < -0.4 is 10.0 Å². The van der Waals surface area contributed by atoms with E-state index in [1.807, 2.05) is 6.07 Å². The molecule has 3 aromatic rings. The molecule has 1 aliphatic rings. The minimum atomic E-state index is -3.93. The van der Waals surface area contributed by atoms with Crippen molar-refractivity contribution in [2.24, 2.45) is 5.92 Å². The molecule has 0 radical (unpaired) electrons. The maximum absolute atomic E-state index is 12.9. The summed E-state index contributed by atoms with van der Waals surface area (Å²) in [6, 6.07) is 14.7. The second-order valence-corrected chi connectivity index (χ2v) is 10.7. The van der Waals surface area contributed by atoms with Crippen molar-refractivity contribution in [3.8, 4) is 0 Å². The highest BCUT2D eigenvalue weighted by Crippen LogP contribution is 2.30. The van der Waals surface area contributed by atoms with E-state index in [0.29, 0.717) is 34.5 Å². The van der Waals surface area contributed by atoms with E-state index in [2.05, 4.69) is 10.0 Å². The van der Waals surface area contributed by atoms with E-state index in [0.717, 1.165) is 12.8 Å². The van der Waals surface area contributed by atoms with Gasteiger partial charge in [-0.3, -0.25) is 9.52 Å². The first kappa shape index (κ1) is 22.9. The summed E-state index contributed by atoms with van der Waals surface area (Å²) in [5.74, 6) is 0.373. The molecule has 0 atom stereocenters. The monoisotopic (exact) mass is 490 g/mol. The van der Waals surface area contributed by atoms with Crippen molar-refractivity contribution in [1.82, 2.24) is 5.32 Å². The van der Waals surface area contributed by atoms with Crippen molar-refractivity contribution in [2.75, 3.05) is 11.3 Å². The SMILES string of the molecule is O=C(NCC1CCCCC1)c1cccc2c(NS(=O)(=O)c3cc(Cl)cc(Cl)c3)cccc12. The van der Waals surface area contributed by atoms with Gasteiger partial charge in [-0.25, -0.2) is 8.42 Å². The zero-order valence-electron chi connectivity index (χ0n) is 17.4. The number of rotatable bonds is 6. The maximum atomic E-state index is 12.9. The van der Waals surface area contributed by atoms with Gasteiger partial charge in [0, 0.05) is 27.5 Å². The normalized spacial score (nSPS) is 14.9. The lowest BCUT2D eigenvalue weighted by Crippen LogP contribution is -2.30. The number of anilines is 1. The van der Waals surface area contributed by atoms with Gasteiger partial charge in [0.05, 0.1) is 10.6 Å². The summed E-state index contributed by atoms with van der Waals surface area (Å²) in [4.78, 5) is 12.9. The molecule has 1 saturated carbocycles. The molecule has 0 heterocycles. The number of carbonyl (C=O) groups is 1. The van der Waals surface area contributed by atoms with Crippen LogP contribution in [0.5, 0.6) is 0 Å². The lowest BCUT2D eigenvalue weighted by atomic mass is 9.89. The molecule has 2 N–H and O–H groups in total. The summed E-state index contributed by atoms with van der Waals surface area (Å²) in [5.41, 5.74) is 0.894. The third-order valence-corrected chi connectivity index (χ3v) is 7.61. The van der Waals surface area contributed by atoms with Gasteiger partial charge in [0.2, 0.25) is 0 Å². The molecule has 1 amide bonds. The Hall–Kier alpha value is -2.28. The molecule has 0 unspecified atom stereocenters. The van der Waals surface area contributed by atoms with Crippen LogP contribution >= 0.6 is 23.2 Å². The summed E-state index contributed by atoms with van der Waals surface area (Å²) in [5, 5.41) is 4.83. The smallest absolute Gasteiger partial charge is 0.262 e. The van der Waals surface area contributed by atoms with Gasteiger partial charge < -0.3 is 5.32 Å². The molecule has 32 heavy (non-hydrogen) atoms. The van der Waals surface area contributed by atoms with E-state index in [1.54, 1.807) is 30.3 Å². The zero-order chi connectivity index (χ0) is 22.7. The van der Waals surface area contributed by atoms with Crippen molar-refractivity contribution in [1.29, 1.82) is 0 Å². The number of amides is 1. The minimum absolute atomic E-state index is 0.0339.